The van der Waals surface area contributed by atoms with Gasteiger partial charge in [0, 0.05) is 20.0 Å². The first kappa shape index (κ1) is 11.8. The number of carbonyl (C=O) groups is 1. The third-order valence-corrected chi connectivity index (χ3v) is 3.52. The van der Waals surface area contributed by atoms with E-state index in [2.05, 4.69) is 0 Å². The Hall–Kier alpha value is -1.71. The van der Waals surface area contributed by atoms with Crippen LogP contribution < -0.4 is 11.5 Å². The number of likely N-dealkylation sites (tertiary alicyclic amines) is 1. The third kappa shape index (κ3) is 2.52. The number of amides is 1. The normalized spacial score (nSPS) is 17.1. The summed E-state index contributed by atoms with van der Waals surface area (Å²) in [5.41, 5.74) is 14.0. The van der Waals surface area contributed by atoms with E-state index >= 15 is 0 Å². The molecule has 2 rings (SSSR count). The van der Waals surface area contributed by atoms with Crippen LogP contribution in [0.2, 0.25) is 0 Å². The molecule has 0 saturated carbocycles. The highest BCUT2D eigenvalue weighted by atomic mass is 16.2. The first-order valence-electron chi connectivity index (χ1n) is 5.98. The van der Waals surface area contributed by atoms with E-state index in [0.29, 0.717) is 17.3 Å². The van der Waals surface area contributed by atoms with Crippen LogP contribution in [0.4, 0.5) is 11.4 Å². The second kappa shape index (κ2) is 4.65. The number of benzene rings is 1. The number of anilines is 2. The molecule has 0 aliphatic carbocycles. The molecule has 0 atom stereocenters. The Morgan fingerprint density at radius 2 is 1.88 bits per heavy atom. The largest absolute Gasteiger partial charge is 0.397 e. The molecule has 1 aliphatic heterocycles. The highest BCUT2D eigenvalue weighted by molar-refractivity contribution is 5.73. The van der Waals surface area contributed by atoms with Gasteiger partial charge in [0.1, 0.15) is 0 Å². The van der Waals surface area contributed by atoms with E-state index in [1.54, 1.807) is 6.92 Å². The molecule has 1 aromatic carbocycles. The summed E-state index contributed by atoms with van der Waals surface area (Å²) in [5.74, 6) is 0.661. The second-order valence-electron chi connectivity index (χ2n) is 4.67. The van der Waals surface area contributed by atoms with Crippen molar-refractivity contribution in [2.24, 2.45) is 0 Å². The van der Waals surface area contributed by atoms with Crippen LogP contribution in [0.5, 0.6) is 0 Å². The summed E-state index contributed by atoms with van der Waals surface area (Å²) >= 11 is 0. The van der Waals surface area contributed by atoms with Gasteiger partial charge in [0.05, 0.1) is 11.4 Å². The fourth-order valence-corrected chi connectivity index (χ4v) is 2.37. The van der Waals surface area contributed by atoms with Gasteiger partial charge in [-0.1, -0.05) is 6.07 Å². The quantitative estimate of drug-likeness (QED) is 0.723. The molecule has 17 heavy (non-hydrogen) atoms. The van der Waals surface area contributed by atoms with Gasteiger partial charge >= 0.3 is 0 Å². The molecule has 92 valence electrons. The van der Waals surface area contributed by atoms with Gasteiger partial charge < -0.3 is 16.4 Å². The van der Waals surface area contributed by atoms with Crippen LogP contribution in [0.15, 0.2) is 18.2 Å². The first-order chi connectivity index (χ1) is 8.08. The fourth-order valence-electron chi connectivity index (χ4n) is 2.37. The molecule has 0 aromatic heterocycles. The van der Waals surface area contributed by atoms with E-state index in [4.69, 9.17) is 11.5 Å². The Morgan fingerprint density at radius 3 is 2.41 bits per heavy atom. The lowest BCUT2D eigenvalue weighted by atomic mass is 9.89. The lowest BCUT2D eigenvalue weighted by Gasteiger charge is -2.31. The van der Waals surface area contributed by atoms with E-state index in [-0.39, 0.29) is 5.91 Å². The molecule has 1 fully saturated rings. The molecule has 0 spiro atoms. The van der Waals surface area contributed by atoms with Gasteiger partial charge in [0.25, 0.3) is 0 Å². The number of carbonyl (C=O) groups excluding carboxylic acids is 1. The molecular weight excluding hydrogens is 214 g/mol. The van der Waals surface area contributed by atoms with Gasteiger partial charge in [0.15, 0.2) is 0 Å². The fraction of sp³-hybridized carbons (Fsp3) is 0.462. The van der Waals surface area contributed by atoms with Crippen molar-refractivity contribution in [2.75, 3.05) is 24.6 Å². The Labute approximate surface area is 102 Å². The summed E-state index contributed by atoms with van der Waals surface area (Å²) in [7, 11) is 0. The van der Waals surface area contributed by atoms with Crippen LogP contribution in [0, 0.1) is 0 Å². The zero-order valence-electron chi connectivity index (χ0n) is 10.1. The number of nitrogens with zero attached hydrogens (tertiary/aromatic N) is 1. The summed E-state index contributed by atoms with van der Waals surface area (Å²) in [5, 5.41) is 0. The molecule has 1 heterocycles. The standard InChI is InChI=1S/C13H19N3O/c1-9(17)16-6-4-10(5-7-16)11-2-3-12(14)13(15)8-11/h2-3,8,10H,4-7,14-15H2,1H3. The van der Waals surface area contributed by atoms with Gasteiger partial charge in [-0.3, -0.25) is 4.79 Å². The van der Waals surface area contributed by atoms with Gasteiger partial charge in [-0.05, 0) is 36.5 Å². The number of hydrogen-bond acceptors (Lipinski definition) is 3. The molecule has 4 N–H and O–H groups in total. The predicted octanol–water partition coefficient (Wildman–Crippen LogP) is 1.58. The van der Waals surface area contributed by atoms with E-state index in [1.165, 1.54) is 5.56 Å². The van der Waals surface area contributed by atoms with Gasteiger partial charge in [-0.25, -0.2) is 0 Å². The Bertz CT molecular complexity index is 423. The molecular formula is C13H19N3O. The molecule has 0 radical (unpaired) electrons. The average Bonchev–Trinajstić information content (AvgIpc) is 2.33. The Kier molecular flexibility index (Phi) is 3.22. The smallest absolute Gasteiger partial charge is 0.219 e. The minimum absolute atomic E-state index is 0.167. The molecule has 1 aromatic rings. The monoisotopic (exact) mass is 233 g/mol. The number of rotatable bonds is 1. The zero-order valence-corrected chi connectivity index (χ0v) is 10.1. The van der Waals surface area contributed by atoms with Crippen LogP contribution in [0.1, 0.15) is 31.2 Å². The van der Waals surface area contributed by atoms with E-state index in [9.17, 15) is 4.79 Å². The minimum Gasteiger partial charge on any atom is -0.397 e. The van der Waals surface area contributed by atoms with Crippen molar-refractivity contribution in [3.8, 4) is 0 Å². The summed E-state index contributed by atoms with van der Waals surface area (Å²) < 4.78 is 0. The zero-order chi connectivity index (χ0) is 12.4. The molecule has 1 amide bonds. The van der Waals surface area contributed by atoms with Crippen molar-refractivity contribution in [3.05, 3.63) is 23.8 Å². The summed E-state index contributed by atoms with van der Waals surface area (Å²) in [6, 6.07) is 5.87. The van der Waals surface area contributed by atoms with Gasteiger partial charge in [0.2, 0.25) is 5.91 Å². The van der Waals surface area contributed by atoms with E-state index < -0.39 is 0 Å². The van der Waals surface area contributed by atoms with Crippen molar-refractivity contribution in [1.82, 2.24) is 4.90 Å². The minimum atomic E-state index is 0.167. The van der Waals surface area contributed by atoms with Gasteiger partial charge in [-0.2, -0.15) is 0 Å². The number of nitrogens with two attached hydrogens (primary N) is 2. The summed E-state index contributed by atoms with van der Waals surface area (Å²) in [4.78, 5) is 13.1. The van der Waals surface area contributed by atoms with Crippen molar-refractivity contribution in [2.45, 2.75) is 25.7 Å². The second-order valence-corrected chi connectivity index (χ2v) is 4.67. The lowest BCUT2D eigenvalue weighted by Crippen LogP contribution is -2.36. The van der Waals surface area contributed by atoms with Crippen molar-refractivity contribution >= 4 is 17.3 Å². The highest BCUT2D eigenvalue weighted by Crippen LogP contribution is 2.30. The number of hydrogen-bond donors (Lipinski definition) is 2. The Morgan fingerprint density at radius 1 is 1.24 bits per heavy atom. The topological polar surface area (TPSA) is 72.3 Å². The van der Waals surface area contributed by atoms with E-state index in [1.807, 2.05) is 23.1 Å². The maximum atomic E-state index is 11.2. The number of piperidine rings is 1. The predicted molar refractivity (Wildman–Crippen MR) is 69.5 cm³/mol. The van der Waals surface area contributed by atoms with Gasteiger partial charge in [-0.15, -0.1) is 0 Å². The highest BCUT2D eigenvalue weighted by Gasteiger charge is 2.22. The molecule has 1 aliphatic rings. The van der Waals surface area contributed by atoms with Crippen LogP contribution in [0.3, 0.4) is 0 Å². The maximum absolute atomic E-state index is 11.2. The summed E-state index contributed by atoms with van der Waals surface area (Å²) in [6.07, 6.45) is 2.01. The third-order valence-electron chi connectivity index (χ3n) is 3.52. The van der Waals surface area contributed by atoms with Crippen molar-refractivity contribution < 1.29 is 4.79 Å². The molecule has 4 heteroatoms. The molecule has 1 saturated heterocycles. The molecule has 0 bridgehead atoms. The van der Waals surface area contributed by atoms with E-state index in [0.717, 1.165) is 25.9 Å². The first-order valence-corrected chi connectivity index (χ1v) is 5.98. The van der Waals surface area contributed by atoms with Crippen LogP contribution in [0.25, 0.3) is 0 Å². The van der Waals surface area contributed by atoms with Crippen molar-refractivity contribution in [3.63, 3.8) is 0 Å². The van der Waals surface area contributed by atoms with Crippen LogP contribution in [-0.4, -0.2) is 23.9 Å². The Balaban J connectivity index is 2.05. The summed E-state index contributed by atoms with van der Waals surface area (Å²) in [6.45, 7) is 3.30. The van der Waals surface area contributed by atoms with Crippen molar-refractivity contribution in [1.29, 1.82) is 0 Å². The average molecular weight is 233 g/mol. The van der Waals surface area contributed by atoms with Crippen LogP contribution in [-0.2, 0) is 4.79 Å². The lowest BCUT2D eigenvalue weighted by molar-refractivity contribution is -0.129. The molecule has 0 unspecified atom stereocenters. The van der Waals surface area contributed by atoms with Crippen LogP contribution >= 0.6 is 0 Å². The maximum Gasteiger partial charge on any atom is 0.219 e. The SMILES string of the molecule is CC(=O)N1CCC(c2ccc(N)c(N)c2)CC1. The molecule has 4 nitrogen and oxygen atoms in total. The number of nitrogen functional groups attached to an aromatic ring is 2.